The highest BCUT2D eigenvalue weighted by atomic mass is 16.5. The average Bonchev–Trinajstić information content (AvgIpc) is 3.11. The van der Waals surface area contributed by atoms with Gasteiger partial charge in [0.15, 0.2) is 17.5 Å². The monoisotopic (exact) mass is 291 g/mol. The summed E-state index contributed by atoms with van der Waals surface area (Å²) in [5.74, 6) is 1.15. The predicted molar refractivity (Wildman–Crippen MR) is 79.6 cm³/mol. The molecule has 0 spiro atoms. The van der Waals surface area contributed by atoms with Crippen LogP contribution in [0, 0.1) is 0 Å². The zero-order chi connectivity index (χ0) is 14.8. The van der Waals surface area contributed by atoms with E-state index in [1.165, 1.54) is 7.11 Å². The molecular weight excluding hydrogens is 270 g/mol. The highest BCUT2D eigenvalue weighted by Crippen LogP contribution is 2.33. The lowest BCUT2D eigenvalue weighted by Gasteiger charge is -2.29. The Morgan fingerprint density at radius 1 is 1.52 bits per heavy atom. The normalized spacial score (nSPS) is 25.2. The second-order valence-corrected chi connectivity index (χ2v) is 5.43. The van der Waals surface area contributed by atoms with E-state index in [1.807, 2.05) is 6.07 Å². The number of benzene rings is 1. The maximum atomic E-state index is 9.95. The van der Waals surface area contributed by atoms with Crippen LogP contribution in [-0.2, 0) is 4.74 Å². The summed E-state index contributed by atoms with van der Waals surface area (Å²) < 4.78 is 10.8. The van der Waals surface area contributed by atoms with Crippen LogP contribution < -0.4 is 10.5 Å². The Labute approximate surface area is 124 Å². The van der Waals surface area contributed by atoms with Gasteiger partial charge in [-0.3, -0.25) is 4.99 Å². The number of guanidine groups is 1. The fourth-order valence-corrected chi connectivity index (χ4v) is 2.96. The molecule has 1 aromatic rings. The summed E-state index contributed by atoms with van der Waals surface area (Å²) in [4.78, 5) is 6.41. The van der Waals surface area contributed by atoms with Crippen LogP contribution >= 0.6 is 0 Å². The molecule has 0 radical (unpaired) electrons. The molecule has 0 aliphatic carbocycles. The van der Waals surface area contributed by atoms with Crippen molar-refractivity contribution < 1.29 is 14.6 Å². The van der Waals surface area contributed by atoms with Gasteiger partial charge in [0.05, 0.1) is 25.8 Å². The predicted octanol–water partition coefficient (Wildman–Crippen LogP) is 1.25. The molecule has 1 fully saturated rings. The molecule has 2 atom stereocenters. The Morgan fingerprint density at radius 2 is 2.38 bits per heavy atom. The molecule has 114 valence electrons. The number of nitrogens with zero attached hydrogens (tertiary/aromatic N) is 2. The van der Waals surface area contributed by atoms with Gasteiger partial charge in [0.2, 0.25) is 0 Å². The number of phenols is 1. The average molecular weight is 291 g/mol. The Hall–Kier alpha value is -1.95. The Balaban J connectivity index is 1.78. The molecule has 2 aliphatic rings. The maximum Gasteiger partial charge on any atom is 0.192 e. The van der Waals surface area contributed by atoms with Crippen molar-refractivity contribution in [1.29, 1.82) is 0 Å². The lowest BCUT2D eigenvalue weighted by atomic mass is 10.0. The zero-order valence-electron chi connectivity index (χ0n) is 12.2. The first-order valence-electron chi connectivity index (χ1n) is 7.24. The van der Waals surface area contributed by atoms with Gasteiger partial charge in [0, 0.05) is 13.2 Å². The van der Waals surface area contributed by atoms with E-state index in [0.717, 1.165) is 31.6 Å². The number of rotatable bonds is 4. The summed E-state index contributed by atoms with van der Waals surface area (Å²) in [5.41, 5.74) is 6.99. The van der Waals surface area contributed by atoms with E-state index in [2.05, 4.69) is 9.89 Å². The van der Waals surface area contributed by atoms with Gasteiger partial charge in [-0.25, -0.2) is 0 Å². The van der Waals surface area contributed by atoms with E-state index in [1.54, 1.807) is 12.1 Å². The number of ether oxygens (including phenoxy) is 2. The second-order valence-electron chi connectivity index (χ2n) is 5.43. The second kappa shape index (κ2) is 5.81. The molecule has 6 nitrogen and oxygen atoms in total. The number of phenolic OH excluding ortho intramolecular Hbond substituents is 1. The molecule has 3 rings (SSSR count). The molecule has 0 amide bonds. The van der Waals surface area contributed by atoms with E-state index in [4.69, 9.17) is 15.2 Å². The summed E-state index contributed by atoms with van der Waals surface area (Å²) in [6.45, 7) is 2.17. The molecular formula is C15H21N3O3. The van der Waals surface area contributed by atoms with Crippen molar-refractivity contribution in [3.05, 3.63) is 23.8 Å². The Kier molecular flexibility index (Phi) is 3.88. The third-order valence-electron chi connectivity index (χ3n) is 4.11. The molecule has 1 saturated heterocycles. The Bertz CT molecular complexity index is 541. The van der Waals surface area contributed by atoms with Gasteiger partial charge in [0.25, 0.3) is 0 Å². The SMILES string of the molecule is COc1ccc(C2CN=C(N)N2CC2CCCO2)cc1O. The van der Waals surface area contributed by atoms with Crippen molar-refractivity contribution in [2.24, 2.45) is 10.7 Å². The number of nitrogens with two attached hydrogens (primary N) is 1. The minimum absolute atomic E-state index is 0.0472. The summed E-state index contributed by atoms with van der Waals surface area (Å²) in [6, 6.07) is 5.48. The molecule has 0 aromatic heterocycles. The number of aromatic hydroxyl groups is 1. The van der Waals surface area contributed by atoms with Crippen molar-refractivity contribution in [3.63, 3.8) is 0 Å². The van der Waals surface area contributed by atoms with Gasteiger partial charge in [-0.15, -0.1) is 0 Å². The topological polar surface area (TPSA) is 80.3 Å². The standard InChI is InChI=1S/C15H21N3O3/c1-20-14-5-4-10(7-13(14)19)12-8-17-15(16)18(12)9-11-3-2-6-21-11/h4-5,7,11-12,19H,2-3,6,8-9H2,1H3,(H2,16,17). The van der Waals surface area contributed by atoms with Crippen molar-refractivity contribution in [2.75, 3.05) is 26.8 Å². The van der Waals surface area contributed by atoms with Gasteiger partial charge in [-0.05, 0) is 30.5 Å². The van der Waals surface area contributed by atoms with Crippen LogP contribution in [-0.4, -0.2) is 48.9 Å². The molecule has 3 N–H and O–H groups in total. The smallest absolute Gasteiger partial charge is 0.192 e. The molecule has 2 heterocycles. The van der Waals surface area contributed by atoms with E-state index in [-0.39, 0.29) is 17.9 Å². The maximum absolute atomic E-state index is 9.95. The van der Waals surface area contributed by atoms with Crippen LogP contribution in [0.15, 0.2) is 23.2 Å². The fraction of sp³-hybridized carbons (Fsp3) is 0.533. The largest absolute Gasteiger partial charge is 0.504 e. The third-order valence-corrected chi connectivity index (χ3v) is 4.11. The quantitative estimate of drug-likeness (QED) is 0.872. The first-order chi connectivity index (χ1) is 10.2. The van der Waals surface area contributed by atoms with E-state index >= 15 is 0 Å². The van der Waals surface area contributed by atoms with Crippen LogP contribution in [0.2, 0.25) is 0 Å². The van der Waals surface area contributed by atoms with Crippen molar-refractivity contribution >= 4 is 5.96 Å². The number of aliphatic imine (C=N–C) groups is 1. The van der Waals surface area contributed by atoms with E-state index in [9.17, 15) is 5.11 Å². The van der Waals surface area contributed by atoms with Crippen molar-refractivity contribution in [3.8, 4) is 11.5 Å². The summed E-state index contributed by atoms with van der Waals surface area (Å²) in [5, 5.41) is 9.95. The van der Waals surface area contributed by atoms with Gasteiger partial charge in [-0.1, -0.05) is 6.07 Å². The first-order valence-corrected chi connectivity index (χ1v) is 7.24. The summed E-state index contributed by atoms with van der Waals surface area (Å²) in [7, 11) is 1.54. The molecule has 1 aromatic carbocycles. The van der Waals surface area contributed by atoms with Crippen LogP contribution in [0.1, 0.15) is 24.4 Å². The fourth-order valence-electron chi connectivity index (χ4n) is 2.96. The number of hydrogen-bond acceptors (Lipinski definition) is 6. The molecule has 0 bridgehead atoms. The third kappa shape index (κ3) is 2.76. The van der Waals surface area contributed by atoms with Gasteiger partial charge in [0.1, 0.15) is 0 Å². The minimum atomic E-state index is 0.0472. The summed E-state index contributed by atoms with van der Waals surface area (Å²) in [6.07, 6.45) is 2.37. The highest BCUT2D eigenvalue weighted by Gasteiger charge is 2.31. The van der Waals surface area contributed by atoms with Crippen molar-refractivity contribution in [2.45, 2.75) is 25.0 Å². The highest BCUT2D eigenvalue weighted by molar-refractivity contribution is 5.80. The molecule has 2 aliphatic heterocycles. The lowest BCUT2D eigenvalue weighted by Crippen LogP contribution is -2.41. The van der Waals surface area contributed by atoms with Gasteiger partial charge >= 0.3 is 0 Å². The lowest BCUT2D eigenvalue weighted by molar-refractivity contribution is 0.0852. The summed E-state index contributed by atoms with van der Waals surface area (Å²) >= 11 is 0. The van der Waals surface area contributed by atoms with Crippen LogP contribution in [0.4, 0.5) is 0 Å². The molecule has 21 heavy (non-hydrogen) atoms. The minimum Gasteiger partial charge on any atom is -0.504 e. The van der Waals surface area contributed by atoms with E-state index in [0.29, 0.717) is 18.3 Å². The molecule has 6 heteroatoms. The molecule has 0 saturated carbocycles. The van der Waals surface area contributed by atoms with Crippen LogP contribution in [0.25, 0.3) is 0 Å². The van der Waals surface area contributed by atoms with Gasteiger partial charge in [-0.2, -0.15) is 0 Å². The van der Waals surface area contributed by atoms with Crippen LogP contribution in [0.5, 0.6) is 11.5 Å². The Morgan fingerprint density at radius 3 is 3.05 bits per heavy atom. The van der Waals surface area contributed by atoms with Crippen LogP contribution in [0.3, 0.4) is 0 Å². The zero-order valence-corrected chi connectivity index (χ0v) is 12.2. The number of methoxy groups -OCH3 is 1. The first kappa shape index (κ1) is 14.0. The van der Waals surface area contributed by atoms with Gasteiger partial charge < -0.3 is 25.2 Å². The number of hydrogen-bond donors (Lipinski definition) is 2. The van der Waals surface area contributed by atoms with E-state index < -0.39 is 0 Å². The molecule has 2 unspecified atom stereocenters. The van der Waals surface area contributed by atoms with Crippen molar-refractivity contribution in [1.82, 2.24) is 4.90 Å².